The molecule has 0 bridgehead atoms. The Morgan fingerprint density at radius 1 is 1.25 bits per heavy atom. The molecular formula is C11H12ClIN2S. The second-order valence-corrected chi connectivity index (χ2v) is 5.08. The molecule has 0 atom stereocenters. The molecule has 0 radical (unpaired) electrons. The lowest BCUT2D eigenvalue weighted by Crippen LogP contribution is -3.00. The van der Waals surface area contributed by atoms with Crippen LogP contribution in [0.4, 0.5) is 5.13 Å². The molecule has 1 aromatic carbocycles. The van der Waals surface area contributed by atoms with Crippen molar-refractivity contribution in [3.8, 4) is 11.3 Å². The Morgan fingerprint density at radius 2 is 1.81 bits per heavy atom. The van der Waals surface area contributed by atoms with E-state index in [1.807, 2.05) is 35.9 Å². The molecule has 2 aromatic rings. The van der Waals surface area contributed by atoms with Gasteiger partial charge in [0.2, 0.25) is 0 Å². The zero-order valence-corrected chi connectivity index (χ0v) is 12.7. The average molecular weight is 367 g/mol. The molecule has 86 valence electrons. The number of hydrogen-bond donors (Lipinski definition) is 1. The van der Waals surface area contributed by atoms with Crippen molar-refractivity contribution in [3.63, 3.8) is 0 Å². The molecule has 0 fully saturated rings. The first-order valence-corrected chi connectivity index (χ1v) is 5.80. The first-order chi connectivity index (χ1) is 7.09. The van der Waals surface area contributed by atoms with E-state index >= 15 is 0 Å². The molecule has 0 saturated carbocycles. The second kappa shape index (κ2) is 5.33. The number of benzene rings is 1. The molecule has 0 aliphatic carbocycles. The summed E-state index contributed by atoms with van der Waals surface area (Å²) < 4.78 is 2.00. The molecule has 16 heavy (non-hydrogen) atoms. The molecule has 0 amide bonds. The van der Waals surface area contributed by atoms with E-state index in [2.05, 4.69) is 6.92 Å². The number of hydrogen-bond acceptors (Lipinski definition) is 2. The van der Waals surface area contributed by atoms with Gasteiger partial charge in [-0.25, -0.2) is 4.57 Å². The predicted octanol–water partition coefficient (Wildman–Crippen LogP) is -0.212. The largest absolute Gasteiger partial charge is 1.00 e. The van der Waals surface area contributed by atoms with Crippen LogP contribution in [0.5, 0.6) is 0 Å². The summed E-state index contributed by atoms with van der Waals surface area (Å²) >= 11 is 7.46. The third-order valence-corrected chi connectivity index (χ3v) is 3.61. The van der Waals surface area contributed by atoms with Crippen molar-refractivity contribution >= 4 is 28.1 Å². The summed E-state index contributed by atoms with van der Waals surface area (Å²) in [6, 6.07) is 7.81. The van der Waals surface area contributed by atoms with E-state index in [0.29, 0.717) is 0 Å². The summed E-state index contributed by atoms with van der Waals surface area (Å²) in [5.74, 6) is 0. The van der Waals surface area contributed by atoms with Crippen LogP contribution >= 0.6 is 22.9 Å². The number of aromatic nitrogens is 1. The Hall–Kier alpha value is -0.330. The zero-order valence-electron chi connectivity index (χ0n) is 9.00. The smallest absolute Gasteiger partial charge is 0.332 e. The van der Waals surface area contributed by atoms with E-state index < -0.39 is 0 Å². The molecule has 0 spiro atoms. The van der Waals surface area contributed by atoms with Gasteiger partial charge in [-0.15, -0.1) is 0 Å². The predicted molar refractivity (Wildman–Crippen MR) is 65.1 cm³/mol. The topological polar surface area (TPSA) is 29.9 Å². The van der Waals surface area contributed by atoms with Gasteiger partial charge in [0.25, 0.3) is 0 Å². The standard InChI is InChI=1S/C11H11ClN2S.HI/c1-7-10(14(2)11(13)15-7)8-3-5-9(12)6-4-8;/h3-6,13H,1-2H3;1H. The lowest BCUT2D eigenvalue weighted by Gasteiger charge is -2.00. The summed E-state index contributed by atoms with van der Waals surface area (Å²) in [5.41, 5.74) is 8.17. The first kappa shape index (κ1) is 13.7. The van der Waals surface area contributed by atoms with Gasteiger partial charge < -0.3 is 24.0 Å². The molecule has 2 rings (SSSR count). The third-order valence-electron chi connectivity index (χ3n) is 2.37. The van der Waals surface area contributed by atoms with Crippen molar-refractivity contribution in [1.82, 2.24) is 0 Å². The van der Waals surface area contributed by atoms with Gasteiger partial charge in [-0.3, -0.25) is 5.73 Å². The number of aryl methyl sites for hydroxylation is 1. The highest BCUT2D eigenvalue weighted by atomic mass is 127. The molecule has 0 aliphatic heterocycles. The fourth-order valence-corrected chi connectivity index (χ4v) is 2.64. The number of halogens is 2. The lowest BCUT2D eigenvalue weighted by atomic mass is 10.1. The maximum absolute atomic E-state index is 5.86. The number of nitrogen functional groups attached to an aromatic ring is 1. The van der Waals surface area contributed by atoms with Gasteiger partial charge in [0.1, 0.15) is 5.69 Å². The molecule has 1 aromatic heterocycles. The van der Waals surface area contributed by atoms with Crippen LogP contribution in [0.25, 0.3) is 11.3 Å². The highest BCUT2D eigenvalue weighted by molar-refractivity contribution is 7.15. The third kappa shape index (κ3) is 2.49. The molecule has 1 heterocycles. The highest BCUT2D eigenvalue weighted by Gasteiger charge is 2.16. The number of nitrogens with two attached hydrogens (primary N) is 1. The van der Waals surface area contributed by atoms with Crippen molar-refractivity contribution in [2.24, 2.45) is 7.05 Å². The van der Waals surface area contributed by atoms with E-state index in [4.69, 9.17) is 17.3 Å². The SMILES string of the molecule is Cc1sc(N)[n+](C)c1-c1ccc(Cl)cc1.[I-]. The van der Waals surface area contributed by atoms with Crippen molar-refractivity contribution in [2.75, 3.05) is 5.73 Å². The van der Waals surface area contributed by atoms with Gasteiger partial charge >= 0.3 is 5.13 Å². The van der Waals surface area contributed by atoms with Crippen LogP contribution in [0.3, 0.4) is 0 Å². The second-order valence-electron chi connectivity index (χ2n) is 3.41. The molecule has 0 aliphatic rings. The van der Waals surface area contributed by atoms with Crippen LogP contribution in [0.2, 0.25) is 5.02 Å². The van der Waals surface area contributed by atoms with Crippen molar-refractivity contribution in [1.29, 1.82) is 0 Å². The minimum atomic E-state index is 0. The van der Waals surface area contributed by atoms with E-state index in [9.17, 15) is 0 Å². The number of thiazole rings is 1. The van der Waals surface area contributed by atoms with Crippen LogP contribution in [-0.4, -0.2) is 0 Å². The van der Waals surface area contributed by atoms with E-state index in [-0.39, 0.29) is 24.0 Å². The summed E-state index contributed by atoms with van der Waals surface area (Å²) in [6.45, 7) is 2.07. The van der Waals surface area contributed by atoms with Gasteiger partial charge in [-0.2, -0.15) is 0 Å². The van der Waals surface area contributed by atoms with Gasteiger partial charge in [0.15, 0.2) is 0 Å². The molecule has 0 unspecified atom stereocenters. The van der Waals surface area contributed by atoms with Crippen LogP contribution in [0.15, 0.2) is 24.3 Å². The maximum Gasteiger partial charge on any atom is 0.332 e. The number of anilines is 1. The lowest BCUT2D eigenvalue weighted by molar-refractivity contribution is -0.641. The summed E-state index contributed by atoms with van der Waals surface area (Å²) in [7, 11) is 1.97. The quantitative estimate of drug-likeness (QED) is 0.549. The van der Waals surface area contributed by atoms with E-state index in [1.54, 1.807) is 11.3 Å². The molecule has 0 saturated heterocycles. The monoisotopic (exact) mass is 366 g/mol. The van der Waals surface area contributed by atoms with Crippen molar-refractivity contribution in [3.05, 3.63) is 34.2 Å². The summed E-state index contributed by atoms with van der Waals surface area (Å²) in [4.78, 5) is 1.22. The van der Waals surface area contributed by atoms with Gasteiger partial charge in [0, 0.05) is 10.6 Å². The fourth-order valence-electron chi connectivity index (χ4n) is 1.62. The first-order valence-electron chi connectivity index (χ1n) is 4.60. The minimum Gasteiger partial charge on any atom is -1.00 e. The van der Waals surface area contributed by atoms with Gasteiger partial charge in [-0.1, -0.05) is 22.9 Å². The average Bonchev–Trinajstić information content (AvgIpc) is 2.44. The minimum absolute atomic E-state index is 0. The Bertz CT molecular complexity index is 493. The van der Waals surface area contributed by atoms with Crippen molar-refractivity contribution < 1.29 is 28.5 Å². The maximum atomic E-state index is 5.86. The molecular weight excluding hydrogens is 355 g/mol. The Balaban J connectivity index is 0.00000128. The van der Waals surface area contributed by atoms with Crippen molar-refractivity contribution in [2.45, 2.75) is 6.92 Å². The highest BCUT2D eigenvalue weighted by Crippen LogP contribution is 2.27. The number of rotatable bonds is 1. The van der Waals surface area contributed by atoms with Gasteiger partial charge in [-0.05, 0) is 31.2 Å². The molecule has 5 heteroatoms. The molecule has 2 nitrogen and oxygen atoms in total. The summed E-state index contributed by atoms with van der Waals surface area (Å²) in [5, 5.41) is 1.57. The fraction of sp³-hybridized carbons (Fsp3) is 0.182. The van der Waals surface area contributed by atoms with Crippen LogP contribution in [0, 0.1) is 6.92 Å². The number of nitrogens with zero attached hydrogens (tertiary/aromatic N) is 1. The Morgan fingerprint density at radius 3 is 2.25 bits per heavy atom. The van der Waals surface area contributed by atoms with Crippen LogP contribution in [-0.2, 0) is 7.05 Å². The van der Waals surface area contributed by atoms with Crippen LogP contribution in [0.1, 0.15) is 4.88 Å². The Labute approximate surface area is 121 Å². The normalized spacial score (nSPS) is 9.94. The zero-order chi connectivity index (χ0) is 11.0. The summed E-state index contributed by atoms with van der Waals surface area (Å²) in [6.07, 6.45) is 0. The van der Waals surface area contributed by atoms with E-state index in [0.717, 1.165) is 21.4 Å². The van der Waals surface area contributed by atoms with Gasteiger partial charge in [0.05, 0.1) is 11.9 Å². The van der Waals surface area contributed by atoms with Crippen LogP contribution < -0.4 is 34.3 Å². The van der Waals surface area contributed by atoms with E-state index in [1.165, 1.54) is 4.88 Å². The molecule has 2 N–H and O–H groups in total. The Kier molecular flexibility index (Phi) is 4.58.